The number of carbonyl (C=O) groups is 1. The van der Waals surface area contributed by atoms with Gasteiger partial charge in [0.1, 0.15) is 11.3 Å². The number of carbonyl (C=O) groups excluding carboxylic acids is 1. The lowest BCUT2D eigenvalue weighted by Gasteiger charge is -2.13. The molecule has 0 bridgehead atoms. The summed E-state index contributed by atoms with van der Waals surface area (Å²) in [6.45, 7) is 7.91. The first-order valence-electron chi connectivity index (χ1n) is 9.29. The molecule has 0 saturated heterocycles. The zero-order chi connectivity index (χ0) is 20.7. The average molecular weight is 407 g/mol. The molecule has 5 nitrogen and oxygen atoms in total. The molecular weight excluding hydrogens is 384 g/mol. The third-order valence-electron chi connectivity index (χ3n) is 4.99. The van der Waals surface area contributed by atoms with Gasteiger partial charge in [-0.2, -0.15) is 0 Å². The third kappa shape index (κ3) is 3.51. The van der Waals surface area contributed by atoms with Gasteiger partial charge in [-0.25, -0.2) is 4.98 Å². The van der Waals surface area contributed by atoms with Gasteiger partial charge in [-0.1, -0.05) is 17.4 Å². The van der Waals surface area contributed by atoms with Crippen molar-refractivity contribution in [2.75, 3.05) is 12.4 Å². The molecule has 0 aliphatic heterocycles. The lowest BCUT2D eigenvalue weighted by molar-refractivity contribution is -0.111. The van der Waals surface area contributed by atoms with E-state index in [1.54, 1.807) is 19.4 Å². The Hall–Kier alpha value is -3.12. The molecule has 0 aliphatic rings. The molecule has 0 spiro atoms. The van der Waals surface area contributed by atoms with Crippen LogP contribution in [0.4, 0.5) is 5.13 Å². The highest BCUT2D eigenvalue weighted by Gasteiger charge is 2.17. The molecule has 0 radical (unpaired) electrons. The standard InChI is InChI=1S/C23H22N2O3S/c1-12-6-7-18-19(8-12)29-23(24-18)25-20(26)9-13(2)16-10-17-14(3)11-28-22(17)15(4)21(16)27-5/h6-11H,1-5H3,(H,24,25,26)/b13-9+. The predicted molar refractivity (Wildman–Crippen MR) is 119 cm³/mol. The van der Waals surface area contributed by atoms with Crippen LogP contribution in [0, 0.1) is 20.8 Å². The van der Waals surface area contributed by atoms with Crippen LogP contribution >= 0.6 is 11.3 Å². The fourth-order valence-corrected chi connectivity index (χ4v) is 4.46. The van der Waals surface area contributed by atoms with Crippen LogP contribution in [0.15, 0.2) is 41.0 Å². The summed E-state index contributed by atoms with van der Waals surface area (Å²) < 4.78 is 12.3. The summed E-state index contributed by atoms with van der Waals surface area (Å²) in [4.78, 5) is 17.1. The van der Waals surface area contributed by atoms with Crippen molar-refractivity contribution in [3.8, 4) is 5.75 Å². The summed E-state index contributed by atoms with van der Waals surface area (Å²) in [5.74, 6) is 0.492. The first-order chi connectivity index (χ1) is 13.9. The quantitative estimate of drug-likeness (QED) is 0.421. The van der Waals surface area contributed by atoms with Gasteiger partial charge in [0.05, 0.1) is 23.6 Å². The molecule has 4 rings (SSSR count). The van der Waals surface area contributed by atoms with Crippen molar-refractivity contribution < 1.29 is 13.9 Å². The van der Waals surface area contributed by atoms with Gasteiger partial charge < -0.3 is 9.15 Å². The van der Waals surface area contributed by atoms with E-state index in [9.17, 15) is 4.79 Å². The summed E-state index contributed by atoms with van der Waals surface area (Å²) in [5, 5.41) is 4.49. The van der Waals surface area contributed by atoms with Gasteiger partial charge in [0, 0.05) is 22.6 Å². The van der Waals surface area contributed by atoms with Crippen molar-refractivity contribution in [1.29, 1.82) is 0 Å². The number of benzene rings is 2. The topological polar surface area (TPSA) is 64.4 Å². The number of aromatic nitrogens is 1. The Balaban J connectivity index is 1.66. The number of allylic oxidation sites excluding steroid dienone is 1. The number of furan rings is 1. The van der Waals surface area contributed by atoms with Crippen LogP contribution in [0.5, 0.6) is 5.75 Å². The molecule has 0 saturated carbocycles. The number of fused-ring (bicyclic) bond motifs is 2. The Morgan fingerprint density at radius 2 is 2.03 bits per heavy atom. The number of anilines is 1. The van der Waals surface area contributed by atoms with Crippen molar-refractivity contribution in [3.63, 3.8) is 0 Å². The van der Waals surface area contributed by atoms with Gasteiger partial charge in [0.2, 0.25) is 5.91 Å². The second kappa shape index (κ2) is 7.37. The Labute approximate surface area is 173 Å². The Kier molecular flexibility index (Phi) is 4.88. The van der Waals surface area contributed by atoms with Crippen LogP contribution in [-0.2, 0) is 4.79 Å². The molecule has 1 amide bonds. The number of rotatable bonds is 4. The first-order valence-corrected chi connectivity index (χ1v) is 10.1. The van der Waals surface area contributed by atoms with E-state index in [1.807, 2.05) is 45.9 Å². The van der Waals surface area contributed by atoms with E-state index >= 15 is 0 Å². The summed E-state index contributed by atoms with van der Waals surface area (Å²) in [6.07, 6.45) is 3.32. The summed E-state index contributed by atoms with van der Waals surface area (Å²) in [7, 11) is 1.63. The average Bonchev–Trinajstić information content (AvgIpc) is 3.24. The maximum atomic E-state index is 12.6. The number of hydrogen-bond acceptors (Lipinski definition) is 5. The Morgan fingerprint density at radius 1 is 1.24 bits per heavy atom. The van der Waals surface area contributed by atoms with Crippen molar-refractivity contribution in [3.05, 3.63) is 58.9 Å². The molecular formula is C23H22N2O3S. The van der Waals surface area contributed by atoms with Crippen LogP contribution in [0.25, 0.3) is 26.8 Å². The second-order valence-corrected chi connectivity index (χ2v) is 8.22. The highest BCUT2D eigenvalue weighted by molar-refractivity contribution is 7.22. The van der Waals surface area contributed by atoms with Gasteiger partial charge in [-0.05, 0) is 62.6 Å². The summed E-state index contributed by atoms with van der Waals surface area (Å²) in [6, 6.07) is 8.06. The van der Waals surface area contributed by atoms with Gasteiger partial charge in [-0.3, -0.25) is 10.1 Å². The Morgan fingerprint density at radius 3 is 2.79 bits per heavy atom. The van der Waals surface area contributed by atoms with E-state index < -0.39 is 0 Å². The lowest BCUT2D eigenvalue weighted by Crippen LogP contribution is -2.08. The summed E-state index contributed by atoms with van der Waals surface area (Å²) >= 11 is 1.47. The number of nitrogens with one attached hydrogen (secondary N) is 1. The van der Waals surface area contributed by atoms with Crippen molar-refractivity contribution >= 4 is 49.1 Å². The van der Waals surface area contributed by atoms with E-state index in [1.165, 1.54) is 16.9 Å². The van der Waals surface area contributed by atoms with E-state index in [2.05, 4.69) is 16.4 Å². The predicted octanol–water partition coefficient (Wildman–Crippen LogP) is 6.02. The van der Waals surface area contributed by atoms with Crippen LogP contribution in [0.1, 0.15) is 29.2 Å². The second-order valence-electron chi connectivity index (χ2n) is 7.18. The minimum Gasteiger partial charge on any atom is -0.496 e. The number of thiazole rings is 1. The molecule has 4 aromatic rings. The fraction of sp³-hybridized carbons (Fsp3) is 0.217. The number of hydrogen-bond donors (Lipinski definition) is 1. The first kappa shape index (κ1) is 19.2. The van der Waals surface area contributed by atoms with E-state index in [0.29, 0.717) is 10.9 Å². The monoisotopic (exact) mass is 406 g/mol. The van der Waals surface area contributed by atoms with Crippen molar-refractivity contribution in [1.82, 2.24) is 4.98 Å². The normalized spacial score (nSPS) is 12.0. The zero-order valence-electron chi connectivity index (χ0n) is 17.0. The molecule has 1 N–H and O–H groups in total. The lowest BCUT2D eigenvalue weighted by atomic mass is 9.98. The molecule has 29 heavy (non-hydrogen) atoms. The number of aryl methyl sites for hydroxylation is 3. The molecule has 2 aromatic heterocycles. The number of methoxy groups -OCH3 is 1. The SMILES string of the molecule is COc1c(/C(C)=C/C(=O)Nc2nc3ccc(C)cc3s2)cc2c(C)coc2c1C. The molecule has 0 unspecified atom stereocenters. The molecule has 148 valence electrons. The van der Waals surface area contributed by atoms with E-state index in [-0.39, 0.29) is 5.91 Å². The van der Waals surface area contributed by atoms with Crippen LogP contribution < -0.4 is 10.1 Å². The smallest absolute Gasteiger partial charge is 0.250 e. The van der Waals surface area contributed by atoms with E-state index in [0.717, 1.165) is 43.4 Å². The minimum atomic E-state index is -0.220. The fourth-order valence-electron chi connectivity index (χ4n) is 3.50. The molecule has 0 atom stereocenters. The van der Waals surface area contributed by atoms with Crippen molar-refractivity contribution in [2.45, 2.75) is 27.7 Å². The van der Waals surface area contributed by atoms with Crippen LogP contribution in [0.2, 0.25) is 0 Å². The Bertz CT molecular complexity index is 1280. The van der Waals surface area contributed by atoms with Gasteiger partial charge >= 0.3 is 0 Å². The number of ether oxygens (including phenoxy) is 1. The van der Waals surface area contributed by atoms with Gasteiger partial charge in [0.25, 0.3) is 0 Å². The van der Waals surface area contributed by atoms with Gasteiger partial charge in [0.15, 0.2) is 5.13 Å². The molecule has 0 fully saturated rings. The van der Waals surface area contributed by atoms with Crippen LogP contribution in [-0.4, -0.2) is 18.0 Å². The molecule has 2 heterocycles. The number of nitrogens with zero attached hydrogens (tertiary/aromatic N) is 1. The van der Waals surface area contributed by atoms with Crippen LogP contribution in [0.3, 0.4) is 0 Å². The molecule has 2 aromatic carbocycles. The summed E-state index contributed by atoms with van der Waals surface area (Å²) in [5.41, 5.74) is 6.51. The number of amides is 1. The molecule has 6 heteroatoms. The van der Waals surface area contributed by atoms with E-state index in [4.69, 9.17) is 9.15 Å². The molecule has 0 aliphatic carbocycles. The highest BCUT2D eigenvalue weighted by atomic mass is 32.1. The maximum absolute atomic E-state index is 12.6. The van der Waals surface area contributed by atoms with Crippen molar-refractivity contribution in [2.24, 2.45) is 0 Å². The minimum absolute atomic E-state index is 0.220. The maximum Gasteiger partial charge on any atom is 0.250 e. The third-order valence-corrected chi connectivity index (χ3v) is 5.92. The highest BCUT2D eigenvalue weighted by Crippen LogP contribution is 2.37. The zero-order valence-corrected chi connectivity index (χ0v) is 17.9. The van der Waals surface area contributed by atoms with Gasteiger partial charge in [-0.15, -0.1) is 0 Å². The largest absolute Gasteiger partial charge is 0.496 e.